The Balaban J connectivity index is 3.07. The van der Waals surface area contributed by atoms with E-state index in [1.807, 2.05) is 0 Å². The first-order valence-corrected chi connectivity index (χ1v) is 5.93. The topological polar surface area (TPSA) is 37.3 Å². The Bertz CT molecular complexity index is 132. The van der Waals surface area contributed by atoms with Crippen LogP contribution >= 0.6 is 0 Å². The number of carbonyl (C=O) groups is 1. The summed E-state index contributed by atoms with van der Waals surface area (Å²) in [5.74, 6) is 0.314. The van der Waals surface area contributed by atoms with Crippen molar-refractivity contribution in [2.45, 2.75) is 64.7 Å². The maximum absolute atomic E-state index is 11.2. The van der Waals surface area contributed by atoms with Gasteiger partial charge >= 0.3 is 0 Å². The highest BCUT2D eigenvalue weighted by Gasteiger charge is 2.00. The first kappa shape index (κ1) is 13.6. The molecular formula is C12H24O2. The molecule has 0 bridgehead atoms. The van der Waals surface area contributed by atoms with Crippen molar-refractivity contribution in [3.05, 3.63) is 0 Å². The molecule has 0 aromatic rings. The second-order valence-corrected chi connectivity index (χ2v) is 3.88. The molecule has 0 rings (SSSR count). The van der Waals surface area contributed by atoms with Crippen molar-refractivity contribution in [2.75, 3.05) is 6.61 Å². The molecule has 2 nitrogen and oxygen atoms in total. The number of ketones is 1. The van der Waals surface area contributed by atoms with E-state index in [2.05, 4.69) is 6.92 Å². The number of unbranched alkanes of at least 4 members (excludes halogenated alkanes) is 5. The summed E-state index contributed by atoms with van der Waals surface area (Å²) in [5.41, 5.74) is 0. The summed E-state index contributed by atoms with van der Waals surface area (Å²) < 4.78 is 0. The van der Waals surface area contributed by atoms with E-state index in [-0.39, 0.29) is 6.61 Å². The van der Waals surface area contributed by atoms with Crippen LogP contribution in [0.2, 0.25) is 0 Å². The lowest BCUT2D eigenvalue weighted by Crippen LogP contribution is -1.98. The number of aliphatic hydroxyl groups is 1. The number of rotatable bonds is 10. The van der Waals surface area contributed by atoms with Crippen molar-refractivity contribution >= 4 is 5.78 Å². The van der Waals surface area contributed by atoms with Gasteiger partial charge in [0.2, 0.25) is 0 Å². The van der Waals surface area contributed by atoms with E-state index in [9.17, 15) is 4.79 Å². The Hall–Kier alpha value is -0.370. The molecule has 0 aromatic heterocycles. The molecule has 0 aromatic carbocycles. The minimum Gasteiger partial charge on any atom is -0.396 e. The third-order valence-electron chi connectivity index (χ3n) is 2.42. The van der Waals surface area contributed by atoms with Crippen LogP contribution in [0.5, 0.6) is 0 Å². The minimum atomic E-state index is 0.141. The van der Waals surface area contributed by atoms with Gasteiger partial charge in [0.05, 0.1) is 0 Å². The van der Waals surface area contributed by atoms with Crippen molar-refractivity contribution in [1.29, 1.82) is 0 Å². The monoisotopic (exact) mass is 200 g/mol. The lowest BCUT2D eigenvalue weighted by molar-refractivity contribution is -0.119. The lowest BCUT2D eigenvalue weighted by atomic mass is 10.1. The number of carbonyl (C=O) groups excluding carboxylic acids is 1. The fourth-order valence-electron chi connectivity index (χ4n) is 1.50. The summed E-state index contributed by atoms with van der Waals surface area (Å²) in [6.07, 6.45) is 9.29. The van der Waals surface area contributed by atoms with Crippen molar-refractivity contribution in [1.82, 2.24) is 0 Å². The summed E-state index contributed by atoms with van der Waals surface area (Å²) >= 11 is 0. The van der Waals surface area contributed by atoms with E-state index in [0.717, 1.165) is 6.42 Å². The predicted octanol–water partition coefficient (Wildman–Crippen LogP) is 3.08. The number of Topliss-reactive ketones (excluding diaryl/α,β-unsaturated/α-hetero) is 1. The summed E-state index contributed by atoms with van der Waals surface area (Å²) in [7, 11) is 0. The molecule has 0 atom stereocenters. The van der Waals surface area contributed by atoms with E-state index in [0.29, 0.717) is 25.0 Å². The second kappa shape index (κ2) is 10.7. The fraction of sp³-hybridized carbons (Fsp3) is 0.917. The van der Waals surface area contributed by atoms with Crippen LogP contribution in [-0.4, -0.2) is 17.5 Å². The van der Waals surface area contributed by atoms with Gasteiger partial charge in [-0.25, -0.2) is 0 Å². The highest BCUT2D eigenvalue weighted by molar-refractivity contribution is 5.78. The maximum atomic E-state index is 11.2. The molecule has 0 aliphatic carbocycles. The van der Waals surface area contributed by atoms with E-state index >= 15 is 0 Å². The van der Waals surface area contributed by atoms with Crippen LogP contribution in [0.1, 0.15) is 64.7 Å². The average molecular weight is 200 g/mol. The van der Waals surface area contributed by atoms with Gasteiger partial charge in [0.1, 0.15) is 5.78 Å². The Morgan fingerprint density at radius 2 is 1.50 bits per heavy atom. The fourth-order valence-corrected chi connectivity index (χ4v) is 1.50. The van der Waals surface area contributed by atoms with E-state index in [1.54, 1.807) is 0 Å². The van der Waals surface area contributed by atoms with Gasteiger partial charge in [-0.3, -0.25) is 4.79 Å². The first-order valence-electron chi connectivity index (χ1n) is 5.93. The Labute approximate surface area is 87.7 Å². The Kier molecular flexibility index (Phi) is 10.4. The van der Waals surface area contributed by atoms with E-state index in [4.69, 9.17) is 5.11 Å². The molecule has 2 heteroatoms. The molecule has 0 saturated heterocycles. The highest BCUT2D eigenvalue weighted by Crippen LogP contribution is 2.08. The van der Waals surface area contributed by atoms with E-state index < -0.39 is 0 Å². The van der Waals surface area contributed by atoms with Crippen LogP contribution < -0.4 is 0 Å². The Morgan fingerprint density at radius 3 is 2.14 bits per heavy atom. The van der Waals surface area contributed by atoms with Crippen LogP contribution in [-0.2, 0) is 4.79 Å². The molecule has 0 aliphatic rings. The maximum Gasteiger partial charge on any atom is 0.132 e. The second-order valence-electron chi connectivity index (χ2n) is 3.88. The van der Waals surface area contributed by atoms with Gasteiger partial charge < -0.3 is 5.11 Å². The molecule has 84 valence electrons. The van der Waals surface area contributed by atoms with Gasteiger partial charge in [0.15, 0.2) is 0 Å². The van der Waals surface area contributed by atoms with Crippen molar-refractivity contribution < 1.29 is 9.90 Å². The largest absolute Gasteiger partial charge is 0.396 e. The summed E-state index contributed by atoms with van der Waals surface area (Å²) in [6.45, 7) is 2.35. The normalized spacial score (nSPS) is 10.4. The standard InChI is InChI=1S/C12H24O2/c1-2-3-4-5-6-7-9-12(14)10-8-11-13/h13H,2-11H2,1H3. The third-order valence-corrected chi connectivity index (χ3v) is 2.42. The molecule has 1 N–H and O–H groups in total. The molecule has 0 saturated carbocycles. The van der Waals surface area contributed by atoms with Gasteiger partial charge in [0, 0.05) is 19.4 Å². The van der Waals surface area contributed by atoms with Crippen molar-refractivity contribution in [2.24, 2.45) is 0 Å². The Morgan fingerprint density at radius 1 is 0.929 bits per heavy atom. The summed E-state index contributed by atoms with van der Waals surface area (Å²) in [4.78, 5) is 11.2. The van der Waals surface area contributed by atoms with Crippen LogP contribution in [0, 0.1) is 0 Å². The zero-order chi connectivity index (χ0) is 10.6. The minimum absolute atomic E-state index is 0.141. The third kappa shape index (κ3) is 9.72. The zero-order valence-corrected chi connectivity index (χ0v) is 9.43. The molecule has 0 fully saturated rings. The van der Waals surface area contributed by atoms with Crippen LogP contribution in [0.15, 0.2) is 0 Å². The number of hydrogen-bond acceptors (Lipinski definition) is 2. The van der Waals surface area contributed by atoms with E-state index in [1.165, 1.54) is 32.1 Å². The number of hydrogen-bond donors (Lipinski definition) is 1. The van der Waals surface area contributed by atoms with Crippen LogP contribution in [0.25, 0.3) is 0 Å². The number of aliphatic hydroxyl groups excluding tert-OH is 1. The SMILES string of the molecule is CCCCCCCCC(=O)CCCO. The molecule has 0 heterocycles. The van der Waals surface area contributed by atoms with Gasteiger partial charge in [-0.2, -0.15) is 0 Å². The first-order chi connectivity index (χ1) is 6.81. The molecule has 0 amide bonds. The zero-order valence-electron chi connectivity index (χ0n) is 9.43. The lowest BCUT2D eigenvalue weighted by Gasteiger charge is -2.00. The van der Waals surface area contributed by atoms with Crippen LogP contribution in [0.3, 0.4) is 0 Å². The molecule has 14 heavy (non-hydrogen) atoms. The molecule has 0 aliphatic heterocycles. The van der Waals surface area contributed by atoms with Crippen molar-refractivity contribution in [3.63, 3.8) is 0 Å². The average Bonchev–Trinajstić information content (AvgIpc) is 2.20. The molecular weight excluding hydrogens is 176 g/mol. The van der Waals surface area contributed by atoms with Crippen LogP contribution in [0.4, 0.5) is 0 Å². The molecule has 0 spiro atoms. The smallest absolute Gasteiger partial charge is 0.132 e. The quantitative estimate of drug-likeness (QED) is 0.550. The van der Waals surface area contributed by atoms with Gasteiger partial charge in [-0.15, -0.1) is 0 Å². The molecule has 0 unspecified atom stereocenters. The molecule has 0 radical (unpaired) electrons. The summed E-state index contributed by atoms with van der Waals surface area (Å²) in [5, 5.41) is 8.53. The van der Waals surface area contributed by atoms with Gasteiger partial charge in [-0.05, 0) is 12.8 Å². The highest BCUT2D eigenvalue weighted by atomic mass is 16.3. The van der Waals surface area contributed by atoms with Crippen molar-refractivity contribution in [3.8, 4) is 0 Å². The summed E-state index contributed by atoms with van der Waals surface area (Å²) in [6, 6.07) is 0. The predicted molar refractivity (Wildman–Crippen MR) is 59.3 cm³/mol. The van der Waals surface area contributed by atoms with Gasteiger partial charge in [-0.1, -0.05) is 39.0 Å². The van der Waals surface area contributed by atoms with Gasteiger partial charge in [0.25, 0.3) is 0 Å².